The number of carbonyl (C=O) groups excluding carboxylic acids is 3. The first-order valence-corrected chi connectivity index (χ1v) is 14.0. The monoisotopic (exact) mass is 516 g/mol. The summed E-state index contributed by atoms with van der Waals surface area (Å²) in [7, 11) is 1.94. The van der Waals surface area contributed by atoms with Crippen molar-refractivity contribution in [3.8, 4) is 0 Å². The van der Waals surface area contributed by atoms with Gasteiger partial charge in [-0.3, -0.25) is 14.4 Å². The van der Waals surface area contributed by atoms with Crippen molar-refractivity contribution in [3.05, 3.63) is 65.7 Å². The standard InChI is InChI=1S/C31H40N4O3/c1-31(2)25-11-7-8-12-27(25)35(30(31)38)24-15-17-34(18-16-24)29(37)26(19-21-9-5-4-6-10-21)33-28(36)22-13-14-23(20-22)32-3/h4-12,22-24,26,32H,13-20H2,1-3H3,(H,33,36)/t22-,23+,26?/m0/s1. The smallest absolute Gasteiger partial charge is 0.245 e. The molecular weight excluding hydrogens is 476 g/mol. The van der Waals surface area contributed by atoms with Crippen molar-refractivity contribution >= 4 is 23.4 Å². The number of piperidine rings is 1. The van der Waals surface area contributed by atoms with Gasteiger partial charge in [0.2, 0.25) is 17.7 Å². The number of likely N-dealkylation sites (tertiary alicyclic amines) is 1. The summed E-state index contributed by atoms with van der Waals surface area (Å²) in [5.41, 5.74) is 2.56. The number of anilines is 1. The van der Waals surface area contributed by atoms with Gasteiger partial charge >= 0.3 is 0 Å². The highest BCUT2D eigenvalue weighted by Crippen LogP contribution is 2.43. The molecule has 3 atom stereocenters. The molecule has 3 aliphatic rings. The van der Waals surface area contributed by atoms with Gasteiger partial charge in [-0.05, 0) is 70.2 Å². The van der Waals surface area contributed by atoms with Gasteiger partial charge in [0, 0.05) is 43.2 Å². The zero-order valence-electron chi connectivity index (χ0n) is 22.8. The van der Waals surface area contributed by atoms with E-state index >= 15 is 0 Å². The highest BCUT2D eigenvalue weighted by Gasteiger charge is 2.47. The van der Waals surface area contributed by atoms with Gasteiger partial charge in [0.15, 0.2) is 0 Å². The molecule has 0 bridgehead atoms. The lowest BCUT2D eigenvalue weighted by molar-refractivity contribution is -0.138. The van der Waals surface area contributed by atoms with Gasteiger partial charge < -0.3 is 20.4 Å². The SMILES string of the molecule is CN[C@@H]1CC[C@H](C(=O)NC(Cc2ccccc2)C(=O)N2CCC(N3C(=O)C(C)(C)c4ccccc43)CC2)C1. The Morgan fingerprint density at radius 3 is 2.34 bits per heavy atom. The Kier molecular flexibility index (Phi) is 7.57. The van der Waals surface area contributed by atoms with Gasteiger partial charge in [-0.25, -0.2) is 0 Å². The van der Waals surface area contributed by atoms with Crippen molar-refractivity contribution in [2.75, 3.05) is 25.0 Å². The Hall–Kier alpha value is -3.19. The van der Waals surface area contributed by atoms with Crippen LogP contribution in [0.3, 0.4) is 0 Å². The van der Waals surface area contributed by atoms with Crippen LogP contribution in [0.15, 0.2) is 54.6 Å². The van der Waals surface area contributed by atoms with Crippen LogP contribution in [0.2, 0.25) is 0 Å². The highest BCUT2D eigenvalue weighted by atomic mass is 16.2. The van der Waals surface area contributed by atoms with Gasteiger partial charge in [0.05, 0.1) is 5.41 Å². The molecular formula is C31H40N4O3. The molecule has 2 aromatic rings. The molecule has 1 saturated heterocycles. The molecule has 2 aliphatic heterocycles. The summed E-state index contributed by atoms with van der Waals surface area (Å²) in [6.45, 7) is 5.13. The molecule has 2 N–H and O–H groups in total. The number of rotatable bonds is 7. The summed E-state index contributed by atoms with van der Waals surface area (Å²) in [4.78, 5) is 44.2. The molecule has 7 heteroatoms. The Labute approximate surface area is 226 Å². The van der Waals surface area contributed by atoms with Crippen LogP contribution in [-0.2, 0) is 26.2 Å². The van der Waals surface area contributed by atoms with Crippen molar-refractivity contribution in [3.63, 3.8) is 0 Å². The number of hydrogen-bond acceptors (Lipinski definition) is 4. The maximum Gasteiger partial charge on any atom is 0.245 e. The predicted octanol–water partition coefficient (Wildman–Crippen LogP) is 3.42. The molecule has 1 unspecified atom stereocenters. The summed E-state index contributed by atoms with van der Waals surface area (Å²) < 4.78 is 0. The van der Waals surface area contributed by atoms with Crippen LogP contribution < -0.4 is 15.5 Å². The van der Waals surface area contributed by atoms with E-state index in [1.807, 2.05) is 85.3 Å². The fraction of sp³-hybridized carbons (Fsp3) is 0.516. The fourth-order valence-corrected chi connectivity index (χ4v) is 6.49. The summed E-state index contributed by atoms with van der Waals surface area (Å²) >= 11 is 0. The average molecular weight is 517 g/mol. The summed E-state index contributed by atoms with van der Waals surface area (Å²) in [5.74, 6) is 0.0219. The molecule has 1 saturated carbocycles. The van der Waals surface area contributed by atoms with E-state index in [-0.39, 0.29) is 29.7 Å². The second-order valence-corrected chi connectivity index (χ2v) is 11.6. The average Bonchev–Trinajstić information content (AvgIpc) is 3.50. The first kappa shape index (κ1) is 26.4. The van der Waals surface area contributed by atoms with Crippen molar-refractivity contribution in [2.24, 2.45) is 5.92 Å². The van der Waals surface area contributed by atoms with E-state index in [1.54, 1.807) is 0 Å². The van der Waals surface area contributed by atoms with Gasteiger partial charge in [-0.1, -0.05) is 48.5 Å². The second-order valence-electron chi connectivity index (χ2n) is 11.6. The normalized spacial score (nSPS) is 23.8. The number of nitrogens with one attached hydrogen (secondary N) is 2. The van der Waals surface area contributed by atoms with Crippen LogP contribution in [0.4, 0.5) is 5.69 Å². The van der Waals surface area contributed by atoms with Crippen molar-refractivity contribution in [2.45, 2.75) is 75.9 Å². The van der Waals surface area contributed by atoms with E-state index in [1.165, 1.54) is 0 Å². The molecule has 2 heterocycles. The molecule has 7 nitrogen and oxygen atoms in total. The summed E-state index contributed by atoms with van der Waals surface area (Å²) in [5, 5.41) is 6.40. The molecule has 1 aliphatic carbocycles. The maximum absolute atomic E-state index is 13.8. The van der Waals surface area contributed by atoms with E-state index < -0.39 is 11.5 Å². The van der Waals surface area contributed by atoms with Crippen LogP contribution in [0.5, 0.6) is 0 Å². The molecule has 0 aromatic heterocycles. The van der Waals surface area contributed by atoms with Crippen LogP contribution in [0.25, 0.3) is 0 Å². The molecule has 2 aromatic carbocycles. The molecule has 202 valence electrons. The summed E-state index contributed by atoms with van der Waals surface area (Å²) in [6, 6.07) is 17.8. The third kappa shape index (κ3) is 5.08. The van der Waals surface area contributed by atoms with E-state index in [0.717, 1.165) is 48.9 Å². The summed E-state index contributed by atoms with van der Waals surface area (Å²) in [6.07, 6.45) is 4.55. The third-order valence-electron chi connectivity index (χ3n) is 8.84. The molecule has 0 spiro atoms. The minimum Gasteiger partial charge on any atom is -0.344 e. The van der Waals surface area contributed by atoms with Crippen LogP contribution in [-0.4, -0.2) is 60.9 Å². The Balaban J connectivity index is 1.27. The molecule has 0 radical (unpaired) electrons. The first-order valence-electron chi connectivity index (χ1n) is 14.0. The van der Waals surface area contributed by atoms with Gasteiger partial charge in [0.25, 0.3) is 0 Å². The first-order chi connectivity index (χ1) is 18.3. The van der Waals surface area contributed by atoms with Gasteiger partial charge in [-0.15, -0.1) is 0 Å². The van der Waals surface area contributed by atoms with Crippen LogP contribution in [0.1, 0.15) is 57.1 Å². The van der Waals surface area contributed by atoms with Gasteiger partial charge in [0.1, 0.15) is 6.04 Å². The third-order valence-corrected chi connectivity index (χ3v) is 8.84. The number of hydrogen-bond donors (Lipinski definition) is 2. The molecule has 2 fully saturated rings. The van der Waals surface area contributed by atoms with Crippen molar-refractivity contribution in [1.29, 1.82) is 0 Å². The van der Waals surface area contributed by atoms with E-state index in [2.05, 4.69) is 10.6 Å². The Morgan fingerprint density at radius 1 is 0.974 bits per heavy atom. The fourth-order valence-electron chi connectivity index (χ4n) is 6.49. The Bertz CT molecular complexity index is 1170. The lowest BCUT2D eigenvalue weighted by Crippen LogP contribution is -2.55. The number of benzene rings is 2. The van der Waals surface area contributed by atoms with Gasteiger partial charge in [-0.2, -0.15) is 0 Å². The number of amides is 3. The number of para-hydroxylation sites is 1. The zero-order valence-corrected chi connectivity index (χ0v) is 22.8. The quantitative estimate of drug-likeness (QED) is 0.591. The van der Waals surface area contributed by atoms with Crippen molar-refractivity contribution in [1.82, 2.24) is 15.5 Å². The number of fused-ring (bicyclic) bond motifs is 1. The minimum atomic E-state index is -0.594. The van der Waals surface area contributed by atoms with E-state index in [0.29, 0.717) is 25.6 Å². The maximum atomic E-state index is 13.8. The molecule has 5 rings (SSSR count). The van der Waals surface area contributed by atoms with Crippen LogP contribution >= 0.6 is 0 Å². The lowest BCUT2D eigenvalue weighted by atomic mass is 9.86. The van der Waals surface area contributed by atoms with Crippen LogP contribution in [0, 0.1) is 5.92 Å². The highest BCUT2D eigenvalue weighted by molar-refractivity contribution is 6.08. The topological polar surface area (TPSA) is 81.8 Å². The molecule has 38 heavy (non-hydrogen) atoms. The van der Waals surface area contributed by atoms with E-state index in [9.17, 15) is 14.4 Å². The largest absolute Gasteiger partial charge is 0.344 e. The molecule has 3 amide bonds. The minimum absolute atomic E-state index is 0.0200. The Morgan fingerprint density at radius 2 is 1.66 bits per heavy atom. The van der Waals surface area contributed by atoms with Crippen molar-refractivity contribution < 1.29 is 14.4 Å². The predicted molar refractivity (Wildman–Crippen MR) is 149 cm³/mol. The zero-order chi connectivity index (χ0) is 26.9. The number of nitrogens with zero attached hydrogens (tertiary/aromatic N) is 2. The lowest BCUT2D eigenvalue weighted by Gasteiger charge is -2.39. The number of carbonyl (C=O) groups is 3. The second kappa shape index (κ2) is 10.9. The van der Waals surface area contributed by atoms with E-state index in [4.69, 9.17) is 0 Å².